The lowest BCUT2D eigenvalue weighted by atomic mass is 10.1. The summed E-state index contributed by atoms with van der Waals surface area (Å²) in [5.74, 6) is 1.47. The predicted molar refractivity (Wildman–Crippen MR) is 114 cm³/mol. The van der Waals surface area contributed by atoms with Crippen molar-refractivity contribution >= 4 is 11.8 Å². The molecule has 4 rings (SSSR count). The van der Waals surface area contributed by atoms with Crippen LogP contribution in [-0.2, 0) is 11.2 Å². The van der Waals surface area contributed by atoms with Crippen molar-refractivity contribution in [3.63, 3.8) is 0 Å². The van der Waals surface area contributed by atoms with Gasteiger partial charge in [0.05, 0.1) is 11.8 Å². The lowest BCUT2D eigenvalue weighted by molar-refractivity contribution is 0.120. The fourth-order valence-electron chi connectivity index (χ4n) is 3.36. The molecular formula is C23H26N4O. The van der Waals surface area contributed by atoms with Crippen LogP contribution in [0.5, 0.6) is 0 Å². The Morgan fingerprint density at radius 3 is 2.46 bits per heavy atom. The van der Waals surface area contributed by atoms with Crippen molar-refractivity contribution < 1.29 is 4.74 Å². The predicted octanol–water partition coefficient (Wildman–Crippen LogP) is 4.39. The Hall–Kier alpha value is -2.92. The van der Waals surface area contributed by atoms with E-state index >= 15 is 0 Å². The maximum atomic E-state index is 5.70. The van der Waals surface area contributed by atoms with Crippen molar-refractivity contribution in [3.05, 3.63) is 72.3 Å². The molecule has 2 N–H and O–H groups in total. The third-order valence-electron chi connectivity index (χ3n) is 4.87. The molecule has 144 valence electrons. The van der Waals surface area contributed by atoms with Crippen LogP contribution in [0.3, 0.4) is 0 Å². The number of nitrogens with zero attached hydrogens (tertiary/aromatic N) is 2. The molecule has 0 bridgehead atoms. The number of anilines is 2. The summed E-state index contributed by atoms with van der Waals surface area (Å²) in [4.78, 5) is 9.38. The van der Waals surface area contributed by atoms with Crippen LogP contribution in [0.15, 0.2) is 66.7 Å². The maximum Gasteiger partial charge on any atom is 0.225 e. The van der Waals surface area contributed by atoms with Gasteiger partial charge in [-0.1, -0.05) is 60.7 Å². The summed E-state index contributed by atoms with van der Waals surface area (Å²) < 4.78 is 5.70. The van der Waals surface area contributed by atoms with Crippen molar-refractivity contribution in [2.45, 2.75) is 25.4 Å². The van der Waals surface area contributed by atoms with Crippen molar-refractivity contribution in [2.24, 2.45) is 0 Å². The van der Waals surface area contributed by atoms with Gasteiger partial charge in [0, 0.05) is 31.3 Å². The largest absolute Gasteiger partial charge is 0.376 e. The molecule has 5 nitrogen and oxygen atoms in total. The van der Waals surface area contributed by atoms with Crippen LogP contribution in [0.2, 0.25) is 0 Å². The lowest BCUT2D eigenvalue weighted by Gasteiger charge is -2.14. The molecule has 5 heteroatoms. The lowest BCUT2D eigenvalue weighted by Crippen LogP contribution is -2.20. The van der Waals surface area contributed by atoms with Crippen LogP contribution in [0.4, 0.5) is 11.8 Å². The van der Waals surface area contributed by atoms with E-state index in [9.17, 15) is 0 Å². The molecule has 0 saturated carbocycles. The fourth-order valence-corrected chi connectivity index (χ4v) is 3.36. The zero-order chi connectivity index (χ0) is 19.0. The third kappa shape index (κ3) is 5.08. The minimum absolute atomic E-state index is 0.249. The van der Waals surface area contributed by atoms with Gasteiger partial charge in [-0.05, 0) is 24.8 Å². The number of benzene rings is 2. The number of hydrogen-bond donors (Lipinski definition) is 2. The third-order valence-corrected chi connectivity index (χ3v) is 4.87. The first kappa shape index (κ1) is 18.4. The van der Waals surface area contributed by atoms with E-state index in [-0.39, 0.29) is 6.10 Å². The topological polar surface area (TPSA) is 59.1 Å². The zero-order valence-corrected chi connectivity index (χ0v) is 16.0. The number of rotatable bonds is 8. The minimum Gasteiger partial charge on any atom is -0.376 e. The van der Waals surface area contributed by atoms with Gasteiger partial charge in [0.1, 0.15) is 5.82 Å². The average molecular weight is 374 g/mol. The van der Waals surface area contributed by atoms with Crippen molar-refractivity contribution in [1.82, 2.24) is 9.97 Å². The first-order valence-corrected chi connectivity index (χ1v) is 9.94. The van der Waals surface area contributed by atoms with Gasteiger partial charge in [-0.25, -0.2) is 4.98 Å². The smallest absolute Gasteiger partial charge is 0.225 e. The van der Waals surface area contributed by atoms with Gasteiger partial charge in [-0.3, -0.25) is 0 Å². The Balaban J connectivity index is 1.47. The molecule has 3 aromatic rings. The SMILES string of the molecule is c1ccc(CCNc2cc(-c3ccccc3)nc(NCC3CCCO3)n2)cc1. The summed E-state index contributed by atoms with van der Waals surface area (Å²) in [5, 5.41) is 6.81. The molecule has 1 fully saturated rings. The van der Waals surface area contributed by atoms with Crippen LogP contribution < -0.4 is 10.6 Å². The Labute approximate surface area is 166 Å². The number of aromatic nitrogens is 2. The Bertz CT molecular complexity index is 864. The highest BCUT2D eigenvalue weighted by molar-refractivity contribution is 5.64. The molecule has 1 aliphatic heterocycles. The molecule has 0 amide bonds. The van der Waals surface area contributed by atoms with E-state index in [1.54, 1.807) is 0 Å². The molecule has 0 aliphatic carbocycles. The van der Waals surface area contributed by atoms with Gasteiger partial charge >= 0.3 is 0 Å². The molecule has 2 heterocycles. The van der Waals surface area contributed by atoms with E-state index in [1.165, 1.54) is 5.56 Å². The highest BCUT2D eigenvalue weighted by Crippen LogP contribution is 2.22. The molecule has 0 spiro atoms. The molecule has 1 unspecified atom stereocenters. The summed E-state index contributed by atoms with van der Waals surface area (Å²) in [6, 6.07) is 22.7. The normalized spacial score (nSPS) is 16.1. The molecule has 28 heavy (non-hydrogen) atoms. The summed E-state index contributed by atoms with van der Waals surface area (Å²) in [7, 11) is 0. The van der Waals surface area contributed by atoms with Crippen LogP contribution in [0, 0.1) is 0 Å². The van der Waals surface area contributed by atoms with Crippen LogP contribution in [-0.4, -0.2) is 35.8 Å². The van der Waals surface area contributed by atoms with Gasteiger partial charge in [-0.15, -0.1) is 0 Å². The average Bonchev–Trinajstić information content (AvgIpc) is 3.27. The van der Waals surface area contributed by atoms with Gasteiger partial charge in [0.15, 0.2) is 0 Å². The Kier molecular flexibility index (Phi) is 6.15. The summed E-state index contributed by atoms with van der Waals surface area (Å²) in [5.41, 5.74) is 3.30. The summed E-state index contributed by atoms with van der Waals surface area (Å²) in [6.45, 7) is 2.41. The summed E-state index contributed by atoms with van der Waals surface area (Å²) >= 11 is 0. The van der Waals surface area contributed by atoms with E-state index in [4.69, 9.17) is 9.72 Å². The second-order valence-corrected chi connectivity index (χ2v) is 7.01. The van der Waals surface area contributed by atoms with Crippen LogP contribution in [0.25, 0.3) is 11.3 Å². The molecule has 0 radical (unpaired) electrons. The Morgan fingerprint density at radius 2 is 1.71 bits per heavy atom. The number of nitrogens with one attached hydrogen (secondary N) is 2. The van der Waals surface area contributed by atoms with E-state index in [0.29, 0.717) is 5.95 Å². The van der Waals surface area contributed by atoms with Crippen LogP contribution in [0.1, 0.15) is 18.4 Å². The fraction of sp³-hybridized carbons (Fsp3) is 0.304. The van der Waals surface area contributed by atoms with Gasteiger partial charge in [0.25, 0.3) is 0 Å². The number of ether oxygens (including phenoxy) is 1. The second kappa shape index (κ2) is 9.33. The highest BCUT2D eigenvalue weighted by atomic mass is 16.5. The van der Waals surface area contributed by atoms with E-state index in [2.05, 4.69) is 52.0 Å². The van der Waals surface area contributed by atoms with Gasteiger partial charge < -0.3 is 15.4 Å². The monoisotopic (exact) mass is 374 g/mol. The zero-order valence-electron chi connectivity index (χ0n) is 16.0. The minimum atomic E-state index is 0.249. The molecule has 1 atom stereocenters. The highest BCUT2D eigenvalue weighted by Gasteiger charge is 2.16. The first-order valence-electron chi connectivity index (χ1n) is 9.94. The first-order chi connectivity index (χ1) is 13.9. The quantitative estimate of drug-likeness (QED) is 0.612. The second-order valence-electron chi connectivity index (χ2n) is 7.01. The molecule has 2 aromatic carbocycles. The molecule has 1 aliphatic rings. The number of hydrogen-bond acceptors (Lipinski definition) is 5. The standard InChI is InChI=1S/C23H26N4O/c1-3-8-18(9-4-1)13-14-24-22-16-21(19-10-5-2-6-11-19)26-23(27-22)25-17-20-12-7-15-28-20/h1-6,8-11,16,20H,7,12-15,17H2,(H2,24,25,26,27). The van der Waals surface area contributed by atoms with E-state index < -0.39 is 0 Å². The van der Waals surface area contributed by atoms with Crippen molar-refractivity contribution in [3.8, 4) is 11.3 Å². The van der Waals surface area contributed by atoms with Crippen molar-refractivity contribution in [2.75, 3.05) is 30.3 Å². The molecule has 1 aromatic heterocycles. The summed E-state index contributed by atoms with van der Waals surface area (Å²) in [6.07, 6.45) is 3.42. The maximum absolute atomic E-state index is 5.70. The molecule has 1 saturated heterocycles. The van der Waals surface area contributed by atoms with Crippen LogP contribution >= 0.6 is 0 Å². The molecular weight excluding hydrogens is 348 g/mol. The Morgan fingerprint density at radius 1 is 0.929 bits per heavy atom. The van der Waals surface area contributed by atoms with E-state index in [0.717, 1.165) is 56.0 Å². The van der Waals surface area contributed by atoms with Crippen molar-refractivity contribution in [1.29, 1.82) is 0 Å². The van der Waals surface area contributed by atoms with Gasteiger partial charge in [-0.2, -0.15) is 4.98 Å². The van der Waals surface area contributed by atoms with Gasteiger partial charge in [0.2, 0.25) is 5.95 Å². The van der Waals surface area contributed by atoms with E-state index in [1.807, 2.05) is 30.3 Å².